The van der Waals surface area contributed by atoms with Crippen LogP contribution in [0.1, 0.15) is 30.8 Å². The quantitative estimate of drug-likeness (QED) is 0.621. The summed E-state index contributed by atoms with van der Waals surface area (Å²) in [6.07, 6.45) is 0.159. The number of anilines is 1. The average molecular weight is 365 g/mol. The normalized spacial score (nSPS) is 11.0. The maximum Gasteiger partial charge on any atom is 0.289 e. The van der Waals surface area contributed by atoms with E-state index in [-0.39, 0.29) is 23.0 Å². The van der Waals surface area contributed by atoms with Crippen LogP contribution in [0.3, 0.4) is 0 Å². The van der Waals surface area contributed by atoms with Gasteiger partial charge < -0.3 is 5.32 Å². The van der Waals surface area contributed by atoms with Gasteiger partial charge in [0.1, 0.15) is 5.02 Å². The fraction of sp³-hybridized carbons (Fsp3) is 0.412. The van der Waals surface area contributed by atoms with Gasteiger partial charge in [0.25, 0.3) is 5.69 Å². The number of nitro groups is 1. The predicted molar refractivity (Wildman–Crippen MR) is 97.0 cm³/mol. The molecule has 2 aromatic rings. The number of aromatic nitrogens is 2. The average Bonchev–Trinajstić information content (AvgIpc) is 2.76. The molecule has 134 valence electrons. The highest BCUT2D eigenvalue weighted by atomic mass is 35.5. The van der Waals surface area contributed by atoms with Crippen LogP contribution in [0, 0.1) is 29.9 Å². The largest absolute Gasteiger partial charge is 0.326 e. The SMILES string of the molecule is Cc1nn(CC(C)C)c(C)c1CC(=O)Nc1ccc(Cl)c([N+](=O)[O-])c1. The lowest BCUT2D eigenvalue weighted by Crippen LogP contribution is -2.15. The van der Waals surface area contributed by atoms with Crippen LogP contribution in [-0.4, -0.2) is 20.6 Å². The maximum atomic E-state index is 12.3. The minimum Gasteiger partial charge on any atom is -0.326 e. The van der Waals surface area contributed by atoms with Gasteiger partial charge in [-0.2, -0.15) is 5.10 Å². The molecule has 0 saturated carbocycles. The molecule has 1 heterocycles. The van der Waals surface area contributed by atoms with Crippen LogP contribution in [-0.2, 0) is 17.8 Å². The van der Waals surface area contributed by atoms with Crippen molar-refractivity contribution in [1.82, 2.24) is 9.78 Å². The standard InChI is InChI=1S/C17H21ClN4O3/c1-10(2)9-21-12(4)14(11(3)20-21)8-17(23)19-13-5-6-15(18)16(7-13)22(24)25/h5-7,10H,8-9H2,1-4H3,(H,19,23). The highest BCUT2D eigenvalue weighted by molar-refractivity contribution is 6.32. The van der Waals surface area contributed by atoms with Crippen molar-refractivity contribution in [3.05, 3.63) is 50.3 Å². The number of amides is 1. The molecule has 0 spiro atoms. The van der Waals surface area contributed by atoms with Crippen LogP contribution in [0.4, 0.5) is 11.4 Å². The molecule has 0 unspecified atom stereocenters. The third kappa shape index (κ3) is 4.57. The molecule has 0 fully saturated rings. The second-order valence-corrected chi connectivity index (χ2v) is 6.78. The number of nitrogens with zero attached hydrogens (tertiary/aromatic N) is 3. The number of hydrogen-bond donors (Lipinski definition) is 1. The summed E-state index contributed by atoms with van der Waals surface area (Å²) in [6, 6.07) is 4.18. The van der Waals surface area contributed by atoms with E-state index in [2.05, 4.69) is 24.3 Å². The number of nitro benzene ring substituents is 1. The molecule has 8 heteroatoms. The molecule has 0 saturated heterocycles. The summed E-state index contributed by atoms with van der Waals surface area (Å²) in [5.41, 5.74) is 2.75. The zero-order valence-corrected chi connectivity index (χ0v) is 15.4. The number of aryl methyl sites for hydroxylation is 1. The molecule has 0 aliphatic heterocycles. The Labute approximate surface area is 151 Å². The van der Waals surface area contributed by atoms with Crippen molar-refractivity contribution in [2.24, 2.45) is 5.92 Å². The van der Waals surface area contributed by atoms with Gasteiger partial charge in [0.15, 0.2) is 0 Å². The van der Waals surface area contributed by atoms with E-state index < -0.39 is 4.92 Å². The van der Waals surface area contributed by atoms with Crippen molar-refractivity contribution < 1.29 is 9.72 Å². The van der Waals surface area contributed by atoms with Gasteiger partial charge in [0, 0.05) is 29.6 Å². The number of nitrogens with one attached hydrogen (secondary N) is 1. The van der Waals surface area contributed by atoms with Crippen LogP contribution in [0.5, 0.6) is 0 Å². The molecule has 0 bridgehead atoms. The summed E-state index contributed by atoms with van der Waals surface area (Å²) in [5.74, 6) is 0.196. The number of hydrogen-bond acceptors (Lipinski definition) is 4. The number of carbonyl (C=O) groups is 1. The van der Waals surface area contributed by atoms with E-state index >= 15 is 0 Å². The van der Waals surface area contributed by atoms with Crippen LogP contribution in [0.25, 0.3) is 0 Å². The second kappa shape index (κ2) is 7.65. The summed E-state index contributed by atoms with van der Waals surface area (Å²) in [7, 11) is 0. The molecule has 0 radical (unpaired) electrons. The fourth-order valence-electron chi connectivity index (χ4n) is 2.61. The molecule has 25 heavy (non-hydrogen) atoms. The number of rotatable bonds is 6. The van der Waals surface area contributed by atoms with Gasteiger partial charge in [-0.25, -0.2) is 0 Å². The van der Waals surface area contributed by atoms with Crippen LogP contribution in [0.2, 0.25) is 5.02 Å². The van der Waals surface area contributed by atoms with E-state index in [1.165, 1.54) is 18.2 Å². The summed E-state index contributed by atoms with van der Waals surface area (Å²) in [5, 5.41) is 18.1. The summed E-state index contributed by atoms with van der Waals surface area (Å²) >= 11 is 5.78. The van der Waals surface area contributed by atoms with Crippen LogP contribution < -0.4 is 5.32 Å². The van der Waals surface area contributed by atoms with E-state index in [1.54, 1.807) is 0 Å². The van der Waals surface area contributed by atoms with Crippen LogP contribution >= 0.6 is 11.6 Å². The minimum absolute atomic E-state index is 0.0321. The topological polar surface area (TPSA) is 90.1 Å². The van der Waals surface area contributed by atoms with Gasteiger partial charge >= 0.3 is 0 Å². The van der Waals surface area contributed by atoms with Gasteiger partial charge in [-0.3, -0.25) is 19.6 Å². The molecule has 0 aliphatic carbocycles. The Bertz CT molecular complexity index is 814. The molecule has 1 aromatic carbocycles. The first kappa shape index (κ1) is 18.9. The van der Waals surface area contributed by atoms with E-state index in [9.17, 15) is 14.9 Å². The number of carbonyl (C=O) groups excluding carboxylic acids is 1. The highest BCUT2D eigenvalue weighted by Crippen LogP contribution is 2.27. The number of benzene rings is 1. The first-order valence-electron chi connectivity index (χ1n) is 7.95. The molecule has 1 amide bonds. The predicted octanol–water partition coefficient (Wildman–Crippen LogP) is 3.90. The zero-order chi connectivity index (χ0) is 18.7. The Kier molecular flexibility index (Phi) is 5.79. The minimum atomic E-state index is -0.581. The van der Waals surface area contributed by atoms with Gasteiger partial charge in [-0.15, -0.1) is 0 Å². The number of halogens is 1. The third-order valence-corrected chi connectivity index (χ3v) is 4.15. The van der Waals surface area contributed by atoms with E-state index in [4.69, 9.17) is 11.6 Å². The zero-order valence-electron chi connectivity index (χ0n) is 14.7. The molecular weight excluding hydrogens is 344 g/mol. The monoisotopic (exact) mass is 364 g/mol. The molecule has 0 aliphatic rings. The van der Waals surface area contributed by atoms with Crippen LogP contribution in [0.15, 0.2) is 18.2 Å². The Hall–Kier alpha value is -2.41. The van der Waals surface area contributed by atoms with Crippen molar-refractivity contribution in [3.63, 3.8) is 0 Å². The lowest BCUT2D eigenvalue weighted by atomic mass is 10.1. The molecule has 1 aromatic heterocycles. The third-order valence-electron chi connectivity index (χ3n) is 3.83. The molecule has 1 N–H and O–H groups in total. The van der Waals surface area contributed by atoms with E-state index in [0.717, 1.165) is 23.5 Å². The van der Waals surface area contributed by atoms with Crippen molar-refractivity contribution in [3.8, 4) is 0 Å². The van der Waals surface area contributed by atoms with E-state index in [0.29, 0.717) is 11.6 Å². The summed E-state index contributed by atoms with van der Waals surface area (Å²) in [6.45, 7) is 8.82. The fourth-order valence-corrected chi connectivity index (χ4v) is 2.80. The lowest BCUT2D eigenvalue weighted by molar-refractivity contribution is -0.384. The summed E-state index contributed by atoms with van der Waals surface area (Å²) in [4.78, 5) is 22.7. The molecule has 7 nitrogen and oxygen atoms in total. The smallest absolute Gasteiger partial charge is 0.289 e. The maximum absolute atomic E-state index is 12.3. The Balaban J connectivity index is 2.15. The van der Waals surface area contributed by atoms with Crippen molar-refractivity contribution in [2.45, 2.75) is 40.7 Å². The van der Waals surface area contributed by atoms with Gasteiger partial charge in [-0.05, 0) is 31.9 Å². The van der Waals surface area contributed by atoms with Crippen molar-refractivity contribution in [1.29, 1.82) is 0 Å². The molecular formula is C17H21ClN4O3. The Morgan fingerprint density at radius 3 is 2.68 bits per heavy atom. The molecule has 2 rings (SSSR count). The van der Waals surface area contributed by atoms with E-state index in [1.807, 2.05) is 18.5 Å². The van der Waals surface area contributed by atoms with Gasteiger partial charge in [-0.1, -0.05) is 25.4 Å². The highest BCUT2D eigenvalue weighted by Gasteiger charge is 2.17. The summed E-state index contributed by atoms with van der Waals surface area (Å²) < 4.78 is 1.91. The first-order chi connectivity index (χ1) is 11.7. The second-order valence-electron chi connectivity index (χ2n) is 6.37. The van der Waals surface area contributed by atoms with Crippen molar-refractivity contribution in [2.75, 3.05) is 5.32 Å². The van der Waals surface area contributed by atoms with Gasteiger partial charge in [0.05, 0.1) is 17.0 Å². The van der Waals surface area contributed by atoms with Gasteiger partial charge in [0.2, 0.25) is 5.91 Å². The van der Waals surface area contributed by atoms with Crippen molar-refractivity contribution >= 4 is 28.9 Å². The Morgan fingerprint density at radius 1 is 1.40 bits per heavy atom. The Morgan fingerprint density at radius 2 is 2.08 bits per heavy atom. The lowest BCUT2D eigenvalue weighted by Gasteiger charge is -2.08. The first-order valence-corrected chi connectivity index (χ1v) is 8.33. The molecule has 0 atom stereocenters.